The number of fused-ring (bicyclic) bond motifs is 5. The SMILES string of the molecule is C[C@]12CCC3c4ccc(O)cc4CCC3C1CC[C@@]2(O)C#Cc1ccc(C#C/C=C\C#Cc2ccccc2N)cc1. The van der Waals surface area contributed by atoms with E-state index in [1.807, 2.05) is 60.7 Å². The molecule has 41 heavy (non-hydrogen) atoms. The summed E-state index contributed by atoms with van der Waals surface area (Å²) in [5.41, 5.74) is 10.7. The molecule has 0 spiro atoms. The minimum Gasteiger partial charge on any atom is -0.508 e. The third-order valence-electron chi connectivity index (χ3n) is 9.79. The van der Waals surface area contributed by atoms with Gasteiger partial charge >= 0.3 is 0 Å². The number of hydrogen-bond acceptors (Lipinski definition) is 3. The Labute approximate surface area is 243 Å². The number of nitrogens with two attached hydrogens (primary N) is 1. The van der Waals surface area contributed by atoms with Crippen molar-refractivity contribution in [1.29, 1.82) is 0 Å². The first-order chi connectivity index (χ1) is 19.9. The molecule has 2 fully saturated rings. The molecule has 5 atom stereocenters. The van der Waals surface area contributed by atoms with E-state index >= 15 is 0 Å². The number of para-hydroxylation sites is 1. The monoisotopic (exact) mass is 537 g/mol. The van der Waals surface area contributed by atoms with Crippen molar-refractivity contribution < 1.29 is 10.2 Å². The van der Waals surface area contributed by atoms with Gasteiger partial charge in [0, 0.05) is 27.8 Å². The quantitative estimate of drug-likeness (QED) is 0.224. The van der Waals surface area contributed by atoms with Gasteiger partial charge in [0.15, 0.2) is 0 Å². The lowest BCUT2D eigenvalue weighted by atomic mass is 9.53. The Morgan fingerprint density at radius 1 is 0.854 bits per heavy atom. The molecule has 0 saturated heterocycles. The molecule has 0 aliphatic heterocycles. The Kier molecular flexibility index (Phi) is 7.14. The van der Waals surface area contributed by atoms with Crippen LogP contribution in [0.5, 0.6) is 5.75 Å². The van der Waals surface area contributed by atoms with Gasteiger partial charge in [-0.3, -0.25) is 0 Å². The van der Waals surface area contributed by atoms with Crippen molar-refractivity contribution in [2.75, 3.05) is 5.73 Å². The molecule has 3 aromatic rings. The first-order valence-corrected chi connectivity index (χ1v) is 14.6. The smallest absolute Gasteiger partial charge is 0.131 e. The molecule has 4 N–H and O–H groups in total. The molecule has 6 rings (SSSR count). The van der Waals surface area contributed by atoms with Crippen molar-refractivity contribution in [3.05, 3.63) is 107 Å². The van der Waals surface area contributed by atoms with Crippen LogP contribution in [0, 0.1) is 52.8 Å². The van der Waals surface area contributed by atoms with Crippen LogP contribution in [0.25, 0.3) is 0 Å². The van der Waals surface area contributed by atoms with Gasteiger partial charge in [0.2, 0.25) is 0 Å². The summed E-state index contributed by atoms with van der Waals surface area (Å²) in [5, 5.41) is 21.9. The second-order valence-corrected chi connectivity index (χ2v) is 11.9. The lowest BCUT2D eigenvalue weighted by molar-refractivity contribution is -0.0647. The Balaban J connectivity index is 1.12. The summed E-state index contributed by atoms with van der Waals surface area (Å²) in [6.45, 7) is 2.27. The van der Waals surface area contributed by atoms with Gasteiger partial charge in [-0.15, -0.1) is 0 Å². The molecule has 204 valence electrons. The number of allylic oxidation sites excluding steroid dienone is 2. The fraction of sp³-hybridized carbons (Fsp3) is 0.316. The predicted molar refractivity (Wildman–Crippen MR) is 165 cm³/mol. The third kappa shape index (κ3) is 5.13. The van der Waals surface area contributed by atoms with E-state index in [1.54, 1.807) is 12.2 Å². The van der Waals surface area contributed by atoms with Crippen LogP contribution in [-0.4, -0.2) is 15.8 Å². The number of anilines is 1. The Hall–Kier alpha value is -4.36. The number of nitrogen functional groups attached to an aromatic ring is 1. The van der Waals surface area contributed by atoms with Gasteiger partial charge in [0.05, 0.1) is 0 Å². The van der Waals surface area contributed by atoms with Crippen LogP contribution in [0.2, 0.25) is 0 Å². The molecule has 0 amide bonds. The van der Waals surface area contributed by atoms with Crippen LogP contribution in [0.15, 0.2) is 78.9 Å². The molecule has 0 radical (unpaired) electrons. The highest BCUT2D eigenvalue weighted by atomic mass is 16.3. The zero-order valence-electron chi connectivity index (χ0n) is 23.5. The number of phenols is 1. The second-order valence-electron chi connectivity index (χ2n) is 11.9. The Morgan fingerprint density at radius 3 is 2.37 bits per heavy atom. The van der Waals surface area contributed by atoms with Crippen molar-refractivity contribution in [1.82, 2.24) is 0 Å². The van der Waals surface area contributed by atoms with Gasteiger partial charge in [-0.2, -0.15) is 0 Å². The molecular weight excluding hydrogens is 502 g/mol. The first-order valence-electron chi connectivity index (χ1n) is 14.6. The van der Waals surface area contributed by atoms with Crippen LogP contribution in [-0.2, 0) is 6.42 Å². The topological polar surface area (TPSA) is 66.5 Å². The van der Waals surface area contributed by atoms with Gasteiger partial charge in [-0.25, -0.2) is 0 Å². The zero-order valence-corrected chi connectivity index (χ0v) is 23.5. The van der Waals surface area contributed by atoms with Gasteiger partial charge in [0.25, 0.3) is 0 Å². The summed E-state index contributed by atoms with van der Waals surface area (Å²) in [6.07, 6.45) is 9.35. The summed E-state index contributed by atoms with van der Waals surface area (Å²) >= 11 is 0. The van der Waals surface area contributed by atoms with Crippen molar-refractivity contribution in [2.45, 2.75) is 57.0 Å². The number of hydrogen-bond donors (Lipinski definition) is 3. The number of aliphatic hydroxyl groups is 1. The summed E-state index contributed by atoms with van der Waals surface area (Å²) in [5.74, 6) is 20.7. The molecule has 0 heterocycles. The lowest BCUT2D eigenvalue weighted by Crippen LogP contribution is -2.50. The number of rotatable bonds is 0. The molecule has 0 bridgehead atoms. The predicted octanol–water partition coefficient (Wildman–Crippen LogP) is 6.57. The van der Waals surface area contributed by atoms with E-state index in [0.29, 0.717) is 29.2 Å². The molecule has 3 nitrogen and oxygen atoms in total. The minimum atomic E-state index is -0.980. The largest absolute Gasteiger partial charge is 0.508 e. The summed E-state index contributed by atoms with van der Waals surface area (Å²) < 4.78 is 0. The highest BCUT2D eigenvalue weighted by Gasteiger charge is 2.61. The average molecular weight is 538 g/mol. The number of aromatic hydroxyl groups is 1. The van der Waals surface area contributed by atoms with E-state index in [2.05, 4.69) is 48.5 Å². The Bertz CT molecular complexity index is 1680. The summed E-state index contributed by atoms with van der Waals surface area (Å²) in [4.78, 5) is 0. The Morgan fingerprint density at radius 2 is 1.59 bits per heavy atom. The van der Waals surface area contributed by atoms with Crippen molar-refractivity contribution >= 4 is 5.69 Å². The molecule has 0 aromatic heterocycles. The summed E-state index contributed by atoms with van der Waals surface area (Å²) in [6, 6.07) is 21.3. The fourth-order valence-corrected chi connectivity index (χ4v) is 7.54. The van der Waals surface area contributed by atoms with Gasteiger partial charge in [-0.1, -0.05) is 60.6 Å². The normalized spacial score (nSPS) is 27.6. The maximum absolute atomic E-state index is 11.9. The first kappa shape index (κ1) is 26.8. The molecule has 3 heteroatoms. The van der Waals surface area contributed by atoms with E-state index in [-0.39, 0.29) is 5.41 Å². The van der Waals surface area contributed by atoms with Crippen molar-refractivity contribution in [3.63, 3.8) is 0 Å². The van der Waals surface area contributed by atoms with Crippen LogP contribution in [0.4, 0.5) is 5.69 Å². The van der Waals surface area contributed by atoms with E-state index in [4.69, 9.17) is 5.73 Å². The van der Waals surface area contributed by atoms with Crippen LogP contribution in [0.3, 0.4) is 0 Å². The maximum Gasteiger partial charge on any atom is 0.131 e. The fourth-order valence-electron chi connectivity index (χ4n) is 7.54. The van der Waals surface area contributed by atoms with Gasteiger partial charge in [-0.05, 0) is 128 Å². The molecule has 3 aliphatic carbocycles. The maximum atomic E-state index is 11.9. The van der Waals surface area contributed by atoms with E-state index < -0.39 is 5.60 Å². The minimum absolute atomic E-state index is 0.206. The van der Waals surface area contributed by atoms with Crippen LogP contribution in [0.1, 0.15) is 72.8 Å². The average Bonchev–Trinajstić information content (AvgIpc) is 3.25. The highest BCUT2D eigenvalue weighted by Crippen LogP contribution is 2.64. The molecule has 2 saturated carbocycles. The van der Waals surface area contributed by atoms with Gasteiger partial charge in [0.1, 0.15) is 11.4 Å². The number of benzene rings is 3. The number of phenolic OH excluding ortho intramolecular Hbond substituents is 1. The van der Waals surface area contributed by atoms with Gasteiger partial charge < -0.3 is 15.9 Å². The third-order valence-corrected chi connectivity index (χ3v) is 9.79. The molecule has 3 aromatic carbocycles. The second kappa shape index (κ2) is 10.9. The molecule has 3 aliphatic rings. The molecule has 3 unspecified atom stereocenters. The van der Waals surface area contributed by atoms with Crippen molar-refractivity contribution in [3.8, 4) is 41.3 Å². The number of aryl methyl sites for hydroxylation is 1. The van der Waals surface area contributed by atoms with Crippen LogP contribution >= 0.6 is 0 Å². The standard InChI is InChI=1S/C38H35NO2/c1-37-23-21-33-32-19-17-31(40)26-30(32)16-18-34(33)35(37)22-25-38(37,41)24-20-28-14-12-27(13-15-28)8-4-2-3-5-9-29-10-6-7-11-36(29)39/h2-3,6-7,10-15,17,19,26,33-35,40-41H,16,18,21-23,25,39H2,1H3/b3-2-/t33?,34?,35?,37-,38-/m0/s1. The lowest BCUT2D eigenvalue weighted by Gasteiger charge is -2.52. The van der Waals surface area contributed by atoms with E-state index in [9.17, 15) is 10.2 Å². The van der Waals surface area contributed by atoms with Crippen LogP contribution < -0.4 is 5.73 Å². The molecular formula is C38H35NO2. The van der Waals surface area contributed by atoms with E-state index in [0.717, 1.165) is 55.2 Å². The van der Waals surface area contributed by atoms with E-state index in [1.165, 1.54) is 11.1 Å². The highest BCUT2D eigenvalue weighted by molar-refractivity contribution is 5.56. The van der Waals surface area contributed by atoms with Crippen molar-refractivity contribution in [2.24, 2.45) is 17.3 Å². The zero-order chi connectivity index (χ0) is 28.5. The summed E-state index contributed by atoms with van der Waals surface area (Å²) in [7, 11) is 0.